The molecule has 1 fully saturated rings. The average molecular weight is 309 g/mol. The number of carboxylic acid groups (broad SMARTS) is 1. The van der Waals surface area contributed by atoms with Gasteiger partial charge in [0.05, 0.1) is 18.5 Å². The van der Waals surface area contributed by atoms with Gasteiger partial charge in [-0.15, -0.1) is 0 Å². The summed E-state index contributed by atoms with van der Waals surface area (Å²) in [5.74, 6) is 0.638. The molecule has 0 aliphatic carbocycles. The van der Waals surface area contributed by atoms with E-state index in [1.54, 1.807) is 29.1 Å². The van der Waals surface area contributed by atoms with E-state index in [0.717, 1.165) is 11.3 Å². The van der Waals surface area contributed by atoms with Crippen molar-refractivity contribution in [1.82, 2.24) is 15.2 Å². The van der Waals surface area contributed by atoms with E-state index in [1.807, 2.05) is 19.1 Å². The van der Waals surface area contributed by atoms with Crippen LogP contribution in [0.25, 0.3) is 0 Å². The number of thioether (sulfide) groups is 1. The molecular formula is C14H19N3O3S. The van der Waals surface area contributed by atoms with Crippen LogP contribution in [0.2, 0.25) is 0 Å². The smallest absolute Gasteiger partial charge is 0.318 e. The van der Waals surface area contributed by atoms with Crippen LogP contribution in [0.1, 0.15) is 24.9 Å². The number of aliphatic carboxylic acids is 1. The molecule has 0 saturated carbocycles. The normalized spacial score (nSPS) is 19.9. The van der Waals surface area contributed by atoms with Crippen molar-refractivity contribution < 1.29 is 14.7 Å². The highest BCUT2D eigenvalue weighted by molar-refractivity contribution is 7.99. The van der Waals surface area contributed by atoms with Gasteiger partial charge in [0.15, 0.2) is 0 Å². The molecule has 1 aliphatic heterocycles. The fourth-order valence-corrected chi connectivity index (χ4v) is 3.36. The molecule has 2 N–H and O–H groups in total. The molecule has 1 aliphatic rings. The summed E-state index contributed by atoms with van der Waals surface area (Å²) in [5.41, 5.74) is 0.972. The zero-order valence-corrected chi connectivity index (χ0v) is 12.7. The lowest BCUT2D eigenvalue weighted by Gasteiger charge is -2.35. The third kappa shape index (κ3) is 4.35. The number of aromatic nitrogens is 1. The Morgan fingerprint density at radius 2 is 2.24 bits per heavy atom. The highest BCUT2D eigenvalue weighted by Crippen LogP contribution is 2.20. The summed E-state index contributed by atoms with van der Waals surface area (Å²) in [5, 5.41) is 11.9. The lowest BCUT2D eigenvalue weighted by Crippen LogP contribution is -2.51. The molecule has 1 saturated heterocycles. The lowest BCUT2D eigenvalue weighted by atomic mass is 10.1. The van der Waals surface area contributed by atoms with Gasteiger partial charge in [-0.05, 0) is 24.6 Å². The summed E-state index contributed by atoms with van der Waals surface area (Å²) >= 11 is 1.69. The van der Waals surface area contributed by atoms with Crippen LogP contribution in [0.15, 0.2) is 24.5 Å². The minimum Gasteiger partial charge on any atom is -0.481 e. The van der Waals surface area contributed by atoms with Gasteiger partial charge >= 0.3 is 12.0 Å². The molecule has 6 nitrogen and oxygen atoms in total. The largest absolute Gasteiger partial charge is 0.481 e. The van der Waals surface area contributed by atoms with Gasteiger partial charge in [0.2, 0.25) is 0 Å². The van der Waals surface area contributed by atoms with Gasteiger partial charge in [0.25, 0.3) is 0 Å². The van der Waals surface area contributed by atoms with Crippen molar-refractivity contribution >= 4 is 23.8 Å². The zero-order valence-electron chi connectivity index (χ0n) is 11.9. The van der Waals surface area contributed by atoms with Crippen LogP contribution in [-0.4, -0.2) is 51.1 Å². The molecule has 2 unspecified atom stereocenters. The SMILES string of the molecule is CC(NC(=O)N1CCSCC1CC(=O)O)c1ccncc1. The third-order valence-corrected chi connectivity index (χ3v) is 4.54. The second kappa shape index (κ2) is 7.31. The summed E-state index contributed by atoms with van der Waals surface area (Å²) in [7, 11) is 0. The number of urea groups is 1. The Bertz CT molecular complexity index is 497. The summed E-state index contributed by atoms with van der Waals surface area (Å²) in [6, 6.07) is 3.12. The Morgan fingerprint density at radius 1 is 1.52 bits per heavy atom. The summed E-state index contributed by atoms with van der Waals surface area (Å²) in [6.45, 7) is 2.48. The van der Waals surface area contributed by atoms with Crippen molar-refractivity contribution in [2.75, 3.05) is 18.1 Å². The molecule has 0 spiro atoms. The first-order chi connectivity index (χ1) is 10.1. The fraction of sp³-hybridized carbons (Fsp3) is 0.500. The first-order valence-corrected chi connectivity index (χ1v) is 8.00. The molecule has 2 amide bonds. The molecule has 2 rings (SSSR count). The number of amides is 2. The predicted octanol–water partition coefficient (Wildman–Crippen LogP) is 1.74. The first-order valence-electron chi connectivity index (χ1n) is 6.84. The van der Waals surface area contributed by atoms with Crippen molar-refractivity contribution in [3.63, 3.8) is 0 Å². The molecule has 2 atom stereocenters. The zero-order chi connectivity index (χ0) is 15.2. The van der Waals surface area contributed by atoms with Crippen molar-refractivity contribution in [1.29, 1.82) is 0 Å². The number of carbonyl (C=O) groups excluding carboxylic acids is 1. The Balaban J connectivity index is 1.98. The highest BCUT2D eigenvalue weighted by Gasteiger charge is 2.29. The van der Waals surface area contributed by atoms with Crippen molar-refractivity contribution in [2.45, 2.75) is 25.4 Å². The van der Waals surface area contributed by atoms with Gasteiger partial charge < -0.3 is 15.3 Å². The average Bonchev–Trinajstić information content (AvgIpc) is 2.48. The maximum atomic E-state index is 12.4. The van der Waals surface area contributed by atoms with E-state index < -0.39 is 5.97 Å². The van der Waals surface area contributed by atoms with Gasteiger partial charge in [-0.1, -0.05) is 0 Å². The van der Waals surface area contributed by atoms with Crippen LogP contribution in [0.4, 0.5) is 4.79 Å². The summed E-state index contributed by atoms with van der Waals surface area (Å²) in [4.78, 5) is 28.9. The second-order valence-corrected chi connectivity index (χ2v) is 6.12. The second-order valence-electron chi connectivity index (χ2n) is 4.97. The maximum Gasteiger partial charge on any atom is 0.318 e. The molecule has 1 aromatic rings. The molecule has 0 aromatic carbocycles. The third-order valence-electron chi connectivity index (χ3n) is 3.44. The number of pyridine rings is 1. The van der Waals surface area contributed by atoms with Crippen molar-refractivity contribution in [2.24, 2.45) is 0 Å². The van der Waals surface area contributed by atoms with Crippen LogP contribution >= 0.6 is 11.8 Å². The number of rotatable bonds is 4. The molecular weight excluding hydrogens is 290 g/mol. The number of nitrogens with zero attached hydrogens (tertiary/aromatic N) is 2. The Kier molecular flexibility index (Phi) is 5.44. The predicted molar refractivity (Wildman–Crippen MR) is 81.3 cm³/mol. The maximum absolute atomic E-state index is 12.4. The van der Waals surface area contributed by atoms with E-state index in [4.69, 9.17) is 5.11 Å². The van der Waals surface area contributed by atoms with E-state index in [0.29, 0.717) is 12.3 Å². The topological polar surface area (TPSA) is 82.5 Å². The van der Waals surface area contributed by atoms with Crippen LogP contribution in [0, 0.1) is 0 Å². The Labute approximate surface area is 127 Å². The number of carboxylic acids is 1. The molecule has 114 valence electrons. The van der Waals surface area contributed by atoms with Gasteiger partial charge in [0.1, 0.15) is 0 Å². The Morgan fingerprint density at radius 3 is 2.90 bits per heavy atom. The number of carbonyl (C=O) groups is 2. The number of nitrogens with one attached hydrogen (secondary N) is 1. The van der Waals surface area contributed by atoms with E-state index in [-0.39, 0.29) is 24.5 Å². The molecule has 2 heterocycles. The van der Waals surface area contributed by atoms with Crippen LogP contribution in [0.5, 0.6) is 0 Å². The van der Waals surface area contributed by atoms with Crippen LogP contribution < -0.4 is 5.32 Å². The van der Waals surface area contributed by atoms with E-state index >= 15 is 0 Å². The quantitative estimate of drug-likeness (QED) is 0.885. The van der Waals surface area contributed by atoms with Gasteiger partial charge in [0, 0.05) is 30.4 Å². The fourth-order valence-electron chi connectivity index (χ4n) is 2.30. The van der Waals surface area contributed by atoms with Gasteiger partial charge in [-0.2, -0.15) is 11.8 Å². The van der Waals surface area contributed by atoms with E-state index in [2.05, 4.69) is 10.3 Å². The monoisotopic (exact) mass is 309 g/mol. The number of hydrogen-bond donors (Lipinski definition) is 2. The lowest BCUT2D eigenvalue weighted by molar-refractivity contribution is -0.138. The van der Waals surface area contributed by atoms with E-state index in [1.165, 1.54) is 0 Å². The highest BCUT2D eigenvalue weighted by atomic mass is 32.2. The van der Waals surface area contributed by atoms with Crippen molar-refractivity contribution in [3.8, 4) is 0 Å². The summed E-state index contributed by atoms with van der Waals surface area (Å²) in [6.07, 6.45) is 3.36. The molecule has 0 bridgehead atoms. The molecule has 0 radical (unpaired) electrons. The van der Waals surface area contributed by atoms with Crippen molar-refractivity contribution in [3.05, 3.63) is 30.1 Å². The van der Waals surface area contributed by atoms with Crippen LogP contribution in [0.3, 0.4) is 0 Å². The number of hydrogen-bond acceptors (Lipinski definition) is 4. The van der Waals surface area contributed by atoms with Gasteiger partial charge in [-0.3, -0.25) is 9.78 Å². The van der Waals surface area contributed by atoms with Crippen LogP contribution in [-0.2, 0) is 4.79 Å². The molecule has 1 aromatic heterocycles. The minimum absolute atomic E-state index is 0.00986. The molecule has 21 heavy (non-hydrogen) atoms. The Hall–Kier alpha value is -1.76. The first kappa shape index (κ1) is 15.6. The molecule has 7 heteroatoms. The van der Waals surface area contributed by atoms with Gasteiger partial charge in [-0.25, -0.2) is 4.79 Å². The standard InChI is InChI=1S/C14H19N3O3S/c1-10(11-2-4-15-5-3-11)16-14(20)17-6-7-21-9-12(17)8-13(18)19/h2-5,10,12H,6-9H2,1H3,(H,16,20)(H,18,19). The van der Waals surface area contributed by atoms with E-state index in [9.17, 15) is 9.59 Å². The minimum atomic E-state index is -0.873. The summed E-state index contributed by atoms with van der Waals surface area (Å²) < 4.78 is 0.